The highest BCUT2D eigenvalue weighted by atomic mass is 16.5. The van der Waals surface area contributed by atoms with Crippen LogP contribution in [-0.4, -0.2) is 42.8 Å². The molecule has 24 heavy (non-hydrogen) atoms. The number of carbonyl (C=O) groups excluding carboxylic acids is 1. The molecule has 3 rings (SSSR count). The molecule has 1 aliphatic heterocycles. The van der Waals surface area contributed by atoms with Gasteiger partial charge < -0.3 is 19.9 Å². The van der Waals surface area contributed by atoms with Crippen molar-refractivity contribution in [3.05, 3.63) is 42.0 Å². The van der Waals surface area contributed by atoms with Crippen LogP contribution in [0.4, 0.5) is 0 Å². The molecule has 1 heterocycles. The summed E-state index contributed by atoms with van der Waals surface area (Å²) in [6.07, 6.45) is 2.01. The Morgan fingerprint density at radius 3 is 2.67 bits per heavy atom. The number of carboxylic acid groups (broad SMARTS) is 1. The van der Waals surface area contributed by atoms with Crippen LogP contribution in [0.3, 0.4) is 0 Å². The van der Waals surface area contributed by atoms with Gasteiger partial charge in [-0.25, -0.2) is 4.79 Å². The third kappa shape index (κ3) is 3.83. The number of benzene rings is 2. The van der Waals surface area contributed by atoms with Crippen LogP contribution in [0, 0.1) is 0 Å². The summed E-state index contributed by atoms with van der Waals surface area (Å²) in [4.78, 5) is 23.3. The Hall–Kier alpha value is -2.60. The number of carbonyl (C=O) groups is 2. The number of carboxylic acids is 1. The number of nitrogens with one attached hydrogen (secondary N) is 1. The molecule has 2 aromatic carbocycles. The molecule has 0 aromatic heterocycles. The van der Waals surface area contributed by atoms with Crippen LogP contribution >= 0.6 is 0 Å². The Labute approximate surface area is 139 Å². The molecule has 6 nitrogen and oxygen atoms in total. The van der Waals surface area contributed by atoms with Gasteiger partial charge in [-0.1, -0.05) is 24.3 Å². The summed E-state index contributed by atoms with van der Waals surface area (Å²) in [6.45, 7) is 0.952. The van der Waals surface area contributed by atoms with Gasteiger partial charge in [-0.15, -0.1) is 0 Å². The van der Waals surface area contributed by atoms with Gasteiger partial charge in [0.15, 0.2) is 6.61 Å². The number of amides is 1. The molecule has 1 fully saturated rings. The Morgan fingerprint density at radius 1 is 1.25 bits per heavy atom. The highest BCUT2D eigenvalue weighted by Gasteiger charge is 2.17. The third-order valence-corrected chi connectivity index (χ3v) is 3.99. The van der Waals surface area contributed by atoms with E-state index in [9.17, 15) is 14.7 Å². The van der Waals surface area contributed by atoms with E-state index in [0.29, 0.717) is 6.54 Å². The minimum absolute atomic E-state index is 0.0422. The van der Waals surface area contributed by atoms with Gasteiger partial charge in [0, 0.05) is 13.2 Å². The van der Waals surface area contributed by atoms with Crippen LogP contribution in [0.15, 0.2) is 36.4 Å². The first-order valence-electron chi connectivity index (χ1n) is 7.90. The first kappa shape index (κ1) is 16.3. The summed E-state index contributed by atoms with van der Waals surface area (Å²) in [5.41, 5.74) is 0.0422. The monoisotopic (exact) mass is 329 g/mol. The average molecular weight is 329 g/mol. The number of fused-ring (bicyclic) bond motifs is 1. The van der Waals surface area contributed by atoms with E-state index in [0.717, 1.165) is 30.2 Å². The van der Waals surface area contributed by atoms with Gasteiger partial charge in [0.25, 0.3) is 5.91 Å². The second kappa shape index (κ2) is 7.31. The fraction of sp³-hybridized carbons (Fsp3) is 0.333. The quantitative estimate of drug-likeness (QED) is 0.849. The predicted molar refractivity (Wildman–Crippen MR) is 88.4 cm³/mol. The maximum absolute atomic E-state index is 11.9. The number of aromatic carboxylic acids is 1. The van der Waals surface area contributed by atoms with Gasteiger partial charge in [-0.05, 0) is 35.7 Å². The van der Waals surface area contributed by atoms with Crippen molar-refractivity contribution in [2.75, 3.05) is 19.8 Å². The second-order valence-electron chi connectivity index (χ2n) is 5.73. The molecule has 1 aliphatic rings. The molecule has 0 radical (unpaired) electrons. The maximum atomic E-state index is 11.9. The lowest BCUT2D eigenvalue weighted by Gasteiger charge is -2.13. The van der Waals surface area contributed by atoms with E-state index in [1.165, 1.54) is 0 Å². The van der Waals surface area contributed by atoms with E-state index in [4.69, 9.17) is 9.47 Å². The number of hydrogen-bond acceptors (Lipinski definition) is 4. The van der Waals surface area contributed by atoms with E-state index < -0.39 is 5.97 Å². The van der Waals surface area contributed by atoms with Gasteiger partial charge in [-0.3, -0.25) is 4.79 Å². The van der Waals surface area contributed by atoms with Crippen LogP contribution in [0.25, 0.3) is 10.8 Å². The van der Waals surface area contributed by atoms with Gasteiger partial charge in [-0.2, -0.15) is 0 Å². The lowest BCUT2D eigenvalue weighted by molar-refractivity contribution is -0.123. The summed E-state index contributed by atoms with van der Waals surface area (Å²) in [5, 5.41) is 13.8. The zero-order valence-electron chi connectivity index (χ0n) is 13.2. The number of ether oxygens (including phenoxy) is 2. The van der Waals surface area contributed by atoms with Crippen molar-refractivity contribution in [2.45, 2.75) is 18.9 Å². The molecule has 1 amide bonds. The molecule has 1 saturated heterocycles. The maximum Gasteiger partial charge on any atom is 0.339 e. The topological polar surface area (TPSA) is 84.9 Å². The predicted octanol–water partition coefficient (Wildman–Crippen LogP) is 2.21. The van der Waals surface area contributed by atoms with Crippen molar-refractivity contribution in [2.24, 2.45) is 0 Å². The standard InChI is InChI=1S/C18H19NO5/c20-17(19-10-14-6-3-7-23-14)11-24-16-9-13-5-2-1-4-12(13)8-15(16)18(21)22/h1-2,4-5,8-9,14H,3,6-7,10-11H2,(H,19,20)(H,21,22). The van der Waals surface area contributed by atoms with Crippen molar-refractivity contribution in [3.63, 3.8) is 0 Å². The van der Waals surface area contributed by atoms with Crippen molar-refractivity contribution >= 4 is 22.6 Å². The zero-order valence-corrected chi connectivity index (χ0v) is 13.2. The van der Waals surface area contributed by atoms with Crippen LogP contribution in [0.5, 0.6) is 5.75 Å². The Morgan fingerprint density at radius 2 is 2.00 bits per heavy atom. The van der Waals surface area contributed by atoms with Crippen molar-refractivity contribution in [3.8, 4) is 5.75 Å². The number of hydrogen-bond donors (Lipinski definition) is 2. The molecular weight excluding hydrogens is 310 g/mol. The van der Waals surface area contributed by atoms with E-state index in [-0.39, 0.29) is 29.9 Å². The highest BCUT2D eigenvalue weighted by Crippen LogP contribution is 2.26. The lowest BCUT2D eigenvalue weighted by Crippen LogP contribution is -2.35. The van der Waals surface area contributed by atoms with Crippen LogP contribution in [0.2, 0.25) is 0 Å². The average Bonchev–Trinajstić information content (AvgIpc) is 3.10. The van der Waals surface area contributed by atoms with Crippen LogP contribution in [-0.2, 0) is 9.53 Å². The van der Waals surface area contributed by atoms with Gasteiger partial charge >= 0.3 is 5.97 Å². The summed E-state index contributed by atoms with van der Waals surface area (Å²) < 4.78 is 10.9. The molecule has 0 bridgehead atoms. The van der Waals surface area contributed by atoms with E-state index in [1.54, 1.807) is 12.1 Å². The fourth-order valence-electron chi connectivity index (χ4n) is 2.73. The molecule has 0 spiro atoms. The Kier molecular flexibility index (Phi) is 4.96. The van der Waals surface area contributed by atoms with Crippen molar-refractivity contribution in [1.82, 2.24) is 5.32 Å². The molecule has 1 atom stereocenters. The second-order valence-corrected chi connectivity index (χ2v) is 5.73. The largest absolute Gasteiger partial charge is 0.483 e. The first-order chi connectivity index (χ1) is 11.6. The van der Waals surface area contributed by atoms with E-state index >= 15 is 0 Å². The van der Waals surface area contributed by atoms with Crippen LogP contribution in [0.1, 0.15) is 23.2 Å². The highest BCUT2D eigenvalue weighted by molar-refractivity contribution is 5.97. The molecule has 2 N–H and O–H groups in total. The van der Waals surface area contributed by atoms with Crippen LogP contribution < -0.4 is 10.1 Å². The Bertz CT molecular complexity index is 752. The zero-order chi connectivity index (χ0) is 16.9. The van der Waals surface area contributed by atoms with Gasteiger partial charge in [0.05, 0.1) is 6.10 Å². The van der Waals surface area contributed by atoms with Crippen molar-refractivity contribution < 1.29 is 24.2 Å². The molecular formula is C18H19NO5. The molecule has 6 heteroatoms. The SMILES string of the molecule is O=C(COc1cc2ccccc2cc1C(=O)O)NCC1CCCO1. The lowest BCUT2D eigenvalue weighted by atomic mass is 10.1. The minimum Gasteiger partial charge on any atom is -0.483 e. The summed E-state index contributed by atoms with van der Waals surface area (Å²) in [7, 11) is 0. The normalized spacial score (nSPS) is 16.9. The summed E-state index contributed by atoms with van der Waals surface area (Å²) >= 11 is 0. The van der Waals surface area contributed by atoms with Gasteiger partial charge in [0.2, 0.25) is 0 Å². The van der Waals surface area contributed by atoms with Crippen molar-refractivity contribution in [1.29, 1.82) is 0 Å². The molecule has 126 valence electrons. The molecule has 0 saturated carbocycles. The third-order valence-electron chi connectivity index (χ3n) is 3.99. The smallest absolute Gasteiger partial charge is 0.339 e. The molecule has 0 aliphatic carbocycles. The Balaban J connectivity index is 1.65. The molecule has 2 aromatic rings. The van der Waals surface area contributed by atoms with E-state index in [2.05, 4.69) is 5.32 Å². The number of rotatable bonds is 6. The van der Waals surface area contributed by atoms with E-state index in [1.807, 2.05) is 24.3 Å². The minimum atomic E-state index is -1.09. The first-order valence-corrected chi connectivity index (χ1v) is 7.90. The fourth-order valence-corrected chi connectivity index (χ4v) is 2.73. The van der Waals surface area contributed by atoms with Gasteiger partial charge in [0.1, 0.15) is 11.3 Å². The molecule has 1 unspecified atom stereocenters. The summed E-state index contributed by atoms with van der Waals surface area (Å²) in [5.74, 6) is -1.20. The summed E-state index contributed by atoms with van der Waals surface area (Å²) in [6, 6.07) is 10.6.